The Morgan fingerprint density at radius 1 is 1.20 bits per heavy atom. The second-order valence-corrected chi connectivity index (χ2v) is 5.66. The molecule has 0 heterocycles. The molecule has 15 heavy (non-hydrogen) atoms. The van der Waals surface area contributed by atoms with Crippen molar-refractivity contribution in [2.75, 3.05) is 0 Å². The molecule has 1 aromatic carbocycles. The molecule has 1 aromatic rings. The Bertz CT molecular complexity index is 429. The minimum absolute atomic E-state index is 0.0255. The SMILES string of the molecule is CCC(C)(C)c1ccc(S(=O)(=O)O)cc1. The number of hydrogen-bond donors (Lipinski definition) is 1. The molecule has 0 aliphatic heterocycles. The molecule has 0 spiro atoms. The molecule has 0 aliphatic carbocycles. The third kappa shape index (κ3) is 2.79. The zero-order valence-corrected chi connectivity index (χ0v) is 10.0. The Kier molecular flexibility index (Phi) is 3.21. The maximum Gasteiger partial charge on any atom is 0.294 e. The van der Waals surface area contributed by atoms with Gasteiger partial charge in [0.25, 0.3) is 10.1 Å². The van der Waals surface area contributed by atoms with Crippen LogP contribution in [0.25, 0.3) is 0 Å². The highest BCUT2D eigenvalue weighted by atomic mass is 32.2. The fourth-order valence-electron chi connectivity index (χ4n) is 1.28. The summed E-state index contributed by atoms with van der Waals surface area (Å²) in [7, 11) is -4.07. The fourth-order valence-corrected chi connectivity index (χ4v) is 1.76. The molecule has 0 radical (unpaired) electrons. The Balaban J connectivity index is 3.12. The summed E-state index contributed by atoms with van der Waals surface area (Å²) in [4.78, 5) is -0.0573. The predicted octanol–water partition coefficient (Wildman–Crippen LogP) is 2.62. The lowest BCUT2D eigenvalue weighted by Crippen LogP contribution is -2.15. The molecule has 0 saturated heterocycles. The number of hydrogen-bond acceptors (Lipinski definition) is 2. The maximum absolute atomic E-state index is 10.8. The van der Waals surface area contributed by atoms with Gasteiger partial charge in [0.05, 0.1) is 4.90 Å². The van der Waals surface area contributed by atoms with Crippen LogP contribution in [0.4, 0.5) is 0 Å². The predicted molar refractivity (Wildman–Crippen MR) is 59.6 cm³/mol. The minimum atomic E-state index is -4.07. The first-order chi connectivity index (χ1) is 6.77. The van der Waals surface area contributed by atoms with E-state index in [-0.39, 0.29) is 10.3 Å². The molecule has 4 heteroatoms. The van der Waals surface area contributed by atoms with Crippen LogP contribution in [0.15, 0.2) is 29.2 Å². The van der Waals surface area contributed by atoms with E-state index in [1.165, 1.54) is 12.1 Å². The van der Waals surface area contributed by atoms with E-state index < -0.39 is 10.1 Å². The number of rotatable bonds is 3. The van der Waals surface area contributed by atoms with Gasteiger partial charge in [0.2, 0.25) is 0 Å². The Labute approximate surface area is 90.9 Å². The van der Waals surface area contributed by atoms with Gasteiger partial charge < -0.3 is 0 Å². The lowest BCUT2D eigenvalue weighted by Gasteiger charge is -2.23. The molecule has 0 aliphatic rings. The third-order valence-electron chi connectivity index (χ3n) is 2.82. The summed E-state index contributed by atoms with van der Waals surface area (Å²) in [6.07, 6.45) is 0.970. The van der Waals surface area contributed by atoms with E-state index in [4.69, 9.17) is 4.55 Å². The third-order valence-corrected chi connectivity index (χ3v) is 3.69. The van der Waals surface area contributed by atoms with Gasteiger partial charge in [-0.1, -0.05) is 32.9 Å². The summed E-state index contributed by atoms with van der Waals surface area (Å²) in [5.74, 6) is 0. The van der Waals surface area contributed by atoms with Crippen molar-refractivity contribution in [1.82, 2.24) is 0 Å². The van der Waals surface area contributed by atoms with Crippen LogP contribution in [0.3, 0.4) is 0 Å². The number of benzene rings is 1. The van der Waals surface area contributed by atoms with Gasteiger partial charge in [-0.2, -0.15) is 8.42 Å². The Morgan fingerprint density at radius 3 is 2.00 bits per heavy atom. The van der Waals surface area contributed by atoms with Gasteiger partial charge in [-0.15, -0.1) is 0 Å². The highest BCUT2D eigenvalue weighted by molar-refractivity contribution is 7.85. The zero-order chi connectivity index (χ0) is 11.7. The average molecular weight is 228 g/mol. The van der Waals surface area contributed by atoms with Crippen molar-refractivity contribution in [3.8, 4) is 0 Å². The summed E-state index contributed by atoms with van der Waals surface area (Å²) in [5, 5.41) is 0. The molecule has 84 valence electrons. The monoisotopic (exact) mass is 228 g/mol. The molecule has 0 saturated carbocycles. The van der Waals surface area contributed by atoms with Gasteiger partial charge in [0.1, 0.15) is 0 Å². The molecule has 1 rings (SSSR count). The van der Waals surface area contributed by atoms with Crippen molar-refractivity contribution in [2.45, 2.75) is 37.5 Å². The topological polar surface area (TPSA) is 54.4 Å². The molecule has 0 fully saturated rings. The van der Waals surface area contributed by atoms with Crippen molar-refractivity contribution in [3.63, 3.8) is 0 Å². The minimum Gasteiger partial charge on any atom is -0.282 e. The molecule has 3 nitrogen and oxygen atoms in total. The normalized spacial score (nSPS) is 12.8. The zero-order valence-electron chi connectivity index (χ0n) is 9.19. The summed E-state index contributed by atoms with van der Waals surface area (Å²) in [6, 6.07) is 6.35. The van der Waals surface area contributed by atoms with E-state index in [1.54, 1.807) is 12.1 Å². The summed E-state index contributed by atoms with van der Waals surface area (Å²) in [5.41, 5.74) is 1.09. The van der Waals surface area contributed by atoms with Crippen LogP contribution in [-0.2, 0) is 15.5 Å². The van der Waals surface area contributed by atoms with Gasteiger partial charge in [-0.25, -0.2) is 0 Å². The quantitative estimate of drug-likeness (QED) is 0.809. The van der Waals surface area contributed by atoms with Crippen molar-refractivity contribution in [3.05, 3.63) is 29.8 Å². The van der Waals surface area contributed by atoms with Crippen LogP contribution in [0.2, 0.25) is 0 Å². The lowest BCUT2D eigenvalue weighted by molar-refractivity contribution is 0.482. The second kappa shape index (κ2) is 3.94. The standard InChI is InChI=1S/C11H16O3S/c1-4-11(2,3)9-5-7-10(8-6-9)15(12,13)14/h5-8H,4H2,1-3H3,(H,12,13,14). The van der Waals surface area contributed by atoms with E-state index in [9.17, 15) is 8.42 Å². The van der Waals surface area contributed by atoms with Crippen LogP contribution < -0.4 is 0 Å². The van der Waals surface area contributed by atoms with Gasteiger partial charge in [-0.05, 0) is 29.5 Å². The highest BCUT2D eigenvalue weighted by Gasteiger charge is 2.18. The van der Waals surface area contributed by atoms with E-state index >= 15 is 0 Å². The molecule has 0 atom stereocenters. The van der Waals surface area contributed by atoms with Gasteiger partial charge in [-0.3, -0.25) is 4.55 Å². The summed E-state index contributed by atoms with van der Waals surface area (Å²) < 4.78 is 30.4. The van der Waals surface area contributed by atoms with E-state index in [1.807, 2.05) is 0 Å². The van der Waals surface area contributed by atoms with Crippen LogP contribution in [0, 0.1) is 0 Å². The molecular formula is C11H16O3S. The largest absolute Gasteiger partial charge is 0.294 e. The Hall–Kier alpha value is -0.870. The first-order valence-electron chi connectivity index (χ1n) is 4.85. The van der Waals surface area contributed by atoms with Crippen LogP contribution in [0.5, 0.6) is 0 Å². The first kappa shape index (κ1) is 12.2. The van der Waals surface area contributed by atoms with Crippen LogP contribution in [0.1, 0.15) is 32.8 Å². The summed E-state index contributed by atoms with van der Waals surface area (Å²) in [6.45, 7) is 6.27. The Morgan fingerprint density at radius 2 is 1.67 bits per heavy atom. The van der Waals surface area contributed by atoms with E-state index in [0.29, 0.717) is 0 Å². The van der Waals surface area contributed by atoms with E-state index in [0.717, 1.165) is 12.0 Å². The molecular weight excluding hydrogens is 212 g/mol. The first-order valence-corrected chi connectivity index (χ1v) is 6.29. The average Bonchev–Trinajstić information content (AvgIpc) is 2.17. The second-order valence-electron chi connectivity index (χ2n) is 4.24. The molecule has 0 aromatic heterocycles. The van der Waals surface area contributed by atoms with Gasteiger partial charge >= 0.3 is 0 Å². The van der Waals surface area contributed by atoms with Gasteiger partial charge in [0, 0.05) is 0 Å². The fraction of sp³-hybridized carbons (Fsp3) is 0.455. The molecule has 0 unspecified atom stereocenters. The van der Waals surface area contributed by atoms with Crippen molar-refractivity contribution < 1.29 is 13.0 Å². The molecule has 0 amide bonds. The summed E-state index contributed by atoms with van der Waals surface area (Å²) >= 11 is 0. The van der Waals surface area contributed by atoms with Gasteiger partial charge in [0.15, 0.2) is 0 Å². The van der Waals surface area contributed by atoms with Crippen LogP contribution >= 0.6 is 0 Å². The lowest BCUT2D eigenvalue weighted by atomic mass is 9.82. The van der Waals surface area contributed by atoms with Crippen molar-refractivity contribution in [2.24, 2.45) is 0 Å². The van der Waals surface area contributed by atoms with Crippen molar-refractivity contribution in [1.29, 1.82) is 0 Å². The van der Waals surface area contributed by atoms with Crippen LogP contribution in [-0.4, -0.2) is 13.0 Å². The smallest absolute Gasteiger partial charge is 0.282 e. The van der Waals surface area contributed by atoms with E-state index in [2.05, 4.69) is 20.8 Å². The highest BCUT2D eigenvalue weighted by Crippen LogP contribution is 2.27. The molecule has 0 bridgehead atoms. The van der Waals surface area contributed by atoms with Crippen molar-refractivity contribution >= 4 is 10.1 Å². The maximum atomic E-state index is 10.8. The molecule has 1 N–H and O–H groups in total.